The molecule has 2 N–H and O–H groups in total. The van der Waals surface area contributed by atoms with E-state index < -0.39 is 12.1 Å². The van der Waals surface area contributed by atoms with Crippen LogP contribution in [0.5, 0.6) is 0 Å². The number of ether oxygens (including phenoxy) is 1. The van der Waals surface area contributed by atoms with Crippen molar-refractivity contribution in [2.45, 2.75) is 26.5 Å². The van der Waals surface area contributed by atoms with E-state index in [2.05, 4.69) is 10.3 Å². The van der Waals surface area contributed by atoms with Crippen LogP contribution in [-0.4, -0.2) is 23.0 Å². The van der Waals surface area contributed by atoms with Crippen molar-refractivity contribution in [3.05, 3.63) is 47.4 Å². The van der Waals surface area contributed by atoms with Crippen molar-refractivity contribution in [3.8, 4) is 0 Å². The van der Waals surface area contributed by atoms with Crippen molar-refractivity contribution in [2.75, 3.05) is 0 Å². The number of hydrogen-bond acceptors (Lipinski definition) is 5. The van der Waals surface area contributed by atoms with Crippen molar-refractivity contribution >= 4 is 33.4 Å². The Morgan fingerprint density at radius 2 is 2.21 bits per heavy atom. The third-order valence-corrected chi connectivity index (χ3v) is 4.44. The molecule has 24 heavy (non-hydrogen) atoms. The zero-order valence-electron chi connectivity index (χ0n) is 13.4. The van der Waals surface area contributed by atoms with Crippen LogP contribution in [0.4, 0.5) is 0 Å². The quantitative estimate of drug-likeness (QED) is 0.671. The smallest absolute Gasteiger partial charge is 0.355 e. The third kappa shape index (κ3) is 3.51. The zero-order chi connectivity index (χ0) is 17.1. The summed E-state index contributed by atoms with van der Waals surface area (Å²) < 4.78 is 11.6. The van der Waals surface area contributed by atoms with Gasteiger partial charge >= 0.3 is 5.97 Å². The number of furan rings is 1. The molecule has 0 saturated carbocycles. The Hall–Kier alpha value is -2.54. The van der Waals surface area contributed by atoms with Gasteiger partial charge in [0.2, 0.25) is 0 Å². The molecule has 0 aliphatic heterocycles. The molecular formula is C17H18N2O4S. The Balaban J connectivity index is 1.65. The Labute approximate surface area is 142 Å². The highest BCUT2D eigenvalue weighted by Gasteiger charge is 2.27. The maximum atomic E-state index is 12.3. The van der Waals surface area contributed by atoms with Crippen molar-refractivity contribution < 1.29 is 18.7 Å². The second-order valence-corrected chi connectivity index (χ2v) is 6.70. The number of fused-ring (bicyclic) bond motifs is 1. The first-order valence-corrected chi connectivity index (χ1v) is 8.50. The molecule has 1 unspecified atom stereocenters. The van der Waals surface area contributed by atoms with Gasteiger partial charge in [0.25, 0.3) is 5.91 Å². The number of thiophene rings is 1. The zero-order valence-corrected chi connectivity index (χ0v) is 14.2. The normalized spacial score (nSPS) is 12.5. The molecule has 3 aromatic rings. The molecule has 126 valence electrons. The number of aromatic nitrogens is 1. The van der Waals surface area contributed by atoms with Crippen LogP contribution in [0.15, 0.2) is 40.3 Å². The molecule has 0 saturated heterocycles. The standard InChI is InChI=1S/C17H18N2O4S/c1-10(2)15(16(20)18-9-11-4-3-6-22-11)23-17(21)13-8-14-12(19-13)5-7-24-14/h3-8,10,15,19H,9H2,1-2H3,(H,18,20). The Bertz CT molecular complexity index is 803. The molecule has 3 heterocycles. The highest BCUT2D eigenvalue weighted by atomic mass is 32.1. The van der Waals surface area contributed by atoms with Crippen molar-refractivity contribution in [1.82, 2.24) is 10.3 Å². The number of rotatable bonds is 6. The number of amides is 1. The SMILES string of the molecule is CC(C)C(OC(=O)c1cc2sccc2[nH]1)C(=O)NCc1ccco1. The van der Waals surface area contributed by atoms with E-state index in [0.717, 1.165) is 10.2 Å². The van der Waals surface area contributed by atoms with E-state index in [9.17, 15) is 9.59 Å². The topological polar surface area (TPSA) is 84.3 Å². The van der Waals surface area contributed by atoms with Crippen LogP contribution < -0.4 is 5.32 Å². The fourth-order valence-electron chi connectivity index (χ4n) is 2.32. The summed E-state index contributed by atoms with van der Waals surface area (Å²) in [6.45, 7) is 3.92. The molecule has 6 nitrogen and oxygen atoms in total. The number of esters is 1. The monoisotopic (exact) mass is 346 g/mol. The van der Waals surface area contributed by atoms with Crippen LogP contribution >= 0.6 is 11.3 Å². The lowest BCUT2D eigenvalue weighted by Crippen LogP contribution is -2.40. The van der Waals surface area contributed by atoms with Gasteiger partial charge in [-0.1, -0.05) is 13.8 Å². The van der Waals surface area contributed by atoms with Gasteiger partial charge in [-0.15, -0.1) is 11.3 Å². The Kier molecular flexibility index (Phi) is 4.71. The summed E-state index contributed by atoms with van der Waals surface area (Å²) in [6, 6.07) is 7.15. The van der Waals surface area contributed by atoms with Gasteiger partial charge in [0.15, 0.2) is 6.10 Å². The van der Waals surface area contributed by atoms with Gasteiger partial charge in [-0.05, 0) is 35.6 Å². The molecule has 3 rings (SSSR count). The van der Waals surface area contributed by atoms with Crippen molar-refractivity contribution in [3.63, 3.8) is 0 Å². The molecule has 0 fully saturated rings. The average Bonchev–Trinajstić information content (AvgIpc) is 3.25. The first kappa shape index (κ1) is 16.3. The van der Waals surface area contributed by atoms with E-state index in [-0.39, 0.29) is 18.4 Å². The average molecular weight is 346 g/mol. The summed E-state index contributed by atoms with van der Waals surface area (Å²) in [5.41, 5.74) is 1.23. The van der Waals surface area contributed by atoms with Gasteiger partial charge in [0.1, 0.15) is 11.5 Å². The lowest BCUT2D eigenvalue weighted by atomic mass is 10.1. The van der Waals surface area contributed by atoms with Crippen LogP contribution in [0.2, 0.25) is 0 Å². The number of aromatic amines is 1. The molecule has 1 atom stereocenters. The van der Waals surface area contributed by atoms with Gasteiger partial charge < -0.3 is 19.5 Å². The van der Waals surface area contributed by atoms with Gasteiger partial charge in [0.05, 0.1) is 23.0 Å². The van der Waals surface area contributed by atoms with Gasteiger partial charge in [-0.3, -0.25) is 4.79 Å². The summed E-state index contributed by atoms with van der Waals surface area (Å²) in [5.74, 6) is -0.392. The van der Waals surface area contributed by atoms with Gasteiger partial charge in [0, 0.05) is 0 Å². The molecular weight excluding hydrogens is 328 g/mol. The fourth-order valence-corrected chi connectivity index (χ4v) is 3.10. The Morgan fingerprint density at radius 1 is 1.38 bits per heavy atom. The number of nitrogens with one attached hydrogen (secondary N) is 2. The predicted octanol–water partition coefficient (Wildman–Crippen LogP) is 3.32. The summed E-state index contributed by atoms with van der Waals surface area (Å²) in [5, 5.41) is 4.67. The number of carbonyl (C=O) groups is 2. The maximum absolute atomic E-state index is 12.3. The maximum Gasteiger partial charge on any atom is 0.355 e. The molecule has 3 aromatic heterocycles. The highest BCUT2D eigenvalue weighted by molar-refractivity contribution is 7.17. The number of hydrogen-bond donors (Lipinski definition) is 2. The molecule has 0 aliphatic rings. The van der Waals surface area contributed by atoms with E-state index in [1.54, 1.807) is 24.5 Å². The van der Waals surface area contributed by atoms with Crippen LogP contribution in [0.1, 0.15) is 30.1 Å². The molecule has 0 spiro atoms. The summed E-state index contributed by atoms with van der Waals surface area (Å²) in [7, 11) is 0. The van der Waals surface area contributed by atoms with E-state index >= 15 is 0 Å². The van der Waals surface area contributed by atoms with E-state index in [4.69, 9.17) is 9.15 Å². The first-order chi connectivity index (χ1) is 11.5. The highest BCUT2D eigenvalue weighted by Crippen LogP contribution is 2.22. The van der Waals surface area contributed by atoms with E-state index in [1.807, 2.05) is 25.3 Å². The predicted molar refractivity (Wildman–Crippen MR) is 90.8 cm³/mol. The molecule has 0 bridgehead atoms. The lowest BCUT2D eigenvalue weighted by Gasteiger charge is -2.20. The van der Waals surface area contributed by atoms with Crippen molar-refractivity contribution in [2.24, 2.45) is 5.92 Å². The second kappa shape index (κ2) is 6.92. The van der Waals surface area contributed by atoms with Crippen molar-refractivity contribution in [1.29, 1.82) is 0 Å². The molecule has 0 radical (unpaired) electrons. The number of carbonyl (C=O) groups excluding carboxylic acids is 2. The molecule has 0 aliphatic carbocycles. The number of H-pyrrole nitrogens is 1. The third-order valence-electron chi connectivity index (χ3n) is 3.57. The van der Waals surface area contributed by atoms with Crippen LogP contribution in [0, 0.1) is 5.92 Å². The fraction of sp³-hybridized carbons (Fsp3) is 0.294. The summed E-state index contributed by atoms with van der Waals surface area (Å²) >= 11 is 1.53. The van der Waals surface area contributed by atoms with Gasteiger partial charge in [-0.2, -0.15) is 0 Å². The van der Waals surface area contributed by atoms with Crippen LogP contribution in [0.25, 0.3) is 10.2 Å². The van der Waals surface area contributed by atoms with Crippen LogP contribution in [0.3, 0.4) is 0 Å². The largest absolute Gasteiger partial charge is 0.467 e. The minimum Gasteiger partial charge on any atom is -0.467 e. The molecule has 7 heteroatoms. The lowest BCUT2D eigenvalue weighted by molar-refractivity contribution is -0.132. The summed E-state index contributed by atoms with van der Waals surface area (Å²) in [6.07, 6.45) is 0.673. The van der Waals surface area contributed by atoms with Crippen LogP contribution in [-0.2, 0) is 16.1 Å². The minimum absolute atomic E-state index is 0.151. The molecule has 1 amide bonds. The second-order valence-electron chi connectivity index (χ2n) is 5.75. The van der Waals surface area contributed by atoms with E-state index in [1.165, 1.54) is 11.3 Å². The minimum atomic E-state index is -0.867. The van der Waals surface area contributed by atoms with E-state index in [0.29, 0.717) is 11.5 Å². The van der Waals surface area contributed by atoms with Gasteiger partial charge in [-0.25, -0.2) is 4.79 Å². The summed E-state index contributed by atoms with van der Waals surface area (Å²) in [4.78, 5) is 27.6. The first-order valence-electron chi connectivity index (χ1n) is 7.62. The molecule has 0 aromatic carbocycles. The Morgan fingerprint density at radius 3 is 2.88 bits per heavy atom.